The Bertz CT molecular complexity index is 2350. The van der Waals surface area contributed by atoms with Crippen LogP contribution in [0.3, 0.4) is 0 Å². The molecule has 5 aromatic carbocycles. The summed E-state index contributed by atoms with van der Waals surface area (Å²) in [6.45, 7) is 4.85. The molecule has 41 heavy (non-hydrogen) atoms. The maximum Gasteiger partial charge on any atom is 0.161 e. The number of rotatable bonds is 2. The van der Waals surface area contributed by atoms with Crippen LogP contribution < -0.4 is 10.5 Å². The molecular weight excluding hydrogens is 535 g/mol. The van der Waals surface area contributed by atoms with Crippen molar-refractivity contribution in [2.75, 3.05) is 0 Å². The zero-order valence-electron chi connectivity index (χ0n) is 22.7. The minimum Gasteiger partial charge on any atom is -0.293 e. The van der Waals surface area contributed by atoms with Gasteiger partial charge in [0.05, 0.1) is 11.0 Å². The van der Waals surface area contributed by atoms with Crippen LogP contribution in [0.2, 0.25) is 13.1 Å². The van der Waals surface area contributed by atoms with E-state index < -0.39 is 8.07 Å². The summed E-state index contributed by atoms with van der Waals surface area (Å²) in [4.78, 5) is 10.8. The first-order chi connectivity index (χ1) is 20.1. The molecular formula is C36H25N3SSi. The lowest BCUT2D eigenvalue weighted by molar-refractivity contribution is 1.06. The molecule has 0 N–H and O–H groups in total. The summed E-state index contributed by atoms with van der Waals surface area (Å²) in [5, 5.41) is 7.86. The summed E-state index contributed by atoms with van der Waals surface area (Å²) < 4.78 is 5.05. The summed E-state index contributed by atoms with van der Waals surface area (Å²) >= 11 is 1.87. The molecule has 3 nitrogen and oxygen atoms in total. The average Bonchev–Trinajstić information content (AvgIpc) is 3.63. The van der Waals surface area contributed by atoms with E-state index >= 15 is 0 Å². The maximum absolute atomic E-state index is 5.43. The predicted octanol–water partition coefficient (Wildman–Crippen LogP) is 8.41. The van der Waals surface area contributed by atoms with E-state index in [1.165, 1.54) is 63.6 Å². The Morgan fingerprint density at radius 3 is 2.22 bits per heavy atom. The van der Waals surface area contributed by atoms with Crippen molar-refractivity contribution in [3.63, 3.8) is 0 Å². The lowest BCUT2D eigenvalue weighted by Gasteiger charge is -2.19. The highest BCUT2D eigenvalue weighted by atomic mass is 32.1. The van der Waals surface area contributed by atoms with E-state index in [1.807, 2.05) is 11.3 Å². The molecule has 0 fully saturated rings. The summed E-state index contributed by atoms with van der Waals surface area (Å²) in [5.41, 5.74) is 5.88. The highest BCUT2D eigenvalue weighted by Gasteiger charge is 2.42. The van der Waals surface area contributed by atoms with Crippen LogP contribution in [0.25, 0.3) is 70.3 Å². The molecule has 0 bridgehead atoms. The number of para-hydroxylation sites is 1. The van der Waals surface area contributed by atoms with Gasteiger partial charge in [-0.2, -0.15) is 0 Å². The monoisotopic (exact) mass is 559 g/mol. The van der Waals surface area contributed by atoms with Crippen molar-refractivity contribution in [3.8, 4) is 28.3 Å². The van der Waals surface area contributed by atoms with Crippen molar-refractivity contribution in [1.82, 2.24) is 14.5 Å². The summed E-state index contributed by atoms with van der Waals surface area (Å²) in [7, 11) is -2.06. The van der Waals surface area contributed by atoms with Crippen molar-refractivity contribution in [3.05, 3.63) is 115 Å². The highest BCUT2D eigenvalue weighted by molar-refractivity contribution is 7.26. The summed E-state index contributed by atoms with van der Waals surface area (Å²) in [6, 6.07) is 41.5. The molecule has 1 aliphatic rings. The number of thiophene rings is 1. The van der Waals surface area contributed by atoms with Crippen LogP contribution in [0, 0.1) is 0 Å². The molecule has 0 amide bonds. The van der Waals surface area contributed by atoms with Crippen LogP contribution in [0.1, 0.15) is 0 Å². The van der Waals surface area contributed by atoms with Crippen LogP contribution in [0.4, 0.5) is 0 Å². The molecule has 9 rings (SSSR count). The maximum atomic E-state index is 5.43. The van der Waals surface area contributed by atoms with Gasteiger partial charge in [-0.05, 0) is 35.0 Å². The molecule has 0 unspecified atom stereocenters. The molecule has 0 radical (unpaired) electrons. The number of hydrogen-bond acceptors (Lipinski definition) is 3. The van der Waals surface area contributed by atoms with Crippen molar-refractivity contribution in [2.24, 2.45) is 0 Å². The van der Waals surface area contributed by atoms with Crippen molar-refractivity contribution in [1.29, 1.82) is 0 Å². The third-order valence-electron chi connectivity index (χ3n) is 8.77. The largest absolute Gasteiger partial charge is 0.293 e. The van der Waals surface area contributed by atoms with Gasteiger partial charge in [-0.1, -0.05) is 104 Å². The normalized spacial score (nSPS) is 13.8. The smallest absolute Gasteiger partial charge is 0.161 e. The molecule has 0 spiro atoms. The zero-order valence-corrected chi connectivity index (χ0v) is 24.5. The first-order valence-corrected chi connectivity index (χ1v) is 17.8. The molecule has 0 atom stereocenters. The Labute approximate surface area is 242 Å². The number of nitrogens with zero attached hydrogens (tertiary/aromatic N) is 3. The molecule has 194 valence electrons. The number of fused-ring (bicyclic) bond motifs is 10. The molecule has 0 saturated heterocycles. The van der Waals surface area contributed by atoms with E-state index in [1.54, 1.807) is 0 Å². The third kappa shape index (κ3) is 3.07. The van der Waals surface area contributed by atoms with Crippen molar-refractivity contribution >= 4 is 71.9 Å². The van der Waals surface area contributed by atoms with Gasteiger partial charge in [-0.3, -0.25) is 4.57 Å². The fraction of sp³-hybridized carbons (Fsp3) is 0.0556. The van der Waals surface area contributed by atoms with E-state index in [9.17, 15) is 0 Å². The lowest BCUT2D eigenvalue weighted by atomic mass is 10.1. The van der Waals surface area contributed by atoms with Crippen LogP contribution in [0.15, 0.2) is 115 Å². The van der Waals surface area contributed by atoms with Gasteiger partial charge in [0.25, 0.3) is 0 Å². The van der Waals surface area contributed by atoms with Gasteiger partial charge in [-0.15, -0.1) is 11.3 Å². The molecule has 1 aliphatic heterocycles. The van der Waals surface area contributed by atoms with Gasteiger partial charge in [0, 0.05) is 47.4 Å². The Balaban J connectivity index is 1.49. The van der Waals surface area contributed by atoms with Gasteiger partial charge in [0.1, 0.15) is 13.9 Å². The van der Waals surface area contributed by atoms with Crippen molar-refractivity contribution < 1.29 is 0 Å². The molecule has 8 aromatic rings. The molecule has 0 saturated carbocycles. The van der Waals surface area contributed by atoms with Gasteiger partial charge < -0.3 is 0 Å². The fourth-order valence-corrected chi connectivity index (χ4v) is 10.9. The lowest BCUT2D eigenvalue weighted by Crippen LogP contribution is -2.51. The van der Waals surface area contributed by atoms with E-state index in [-0.39, 0.29) is 0 Å². The van der Waals surface area contributed by atoms with Crippen molar-refractivity contribution in [2.45, 2.75) is 13.1 Å². The van der Waals surface area contributed by atoms with Gasteiger partial charge in [0.2, 0.25) is 0 Å². The van der Waals surface area contributed by atoms with E-state index in [4.69, 9.17) is 9.97 Å². The van der Waals surface area contributed by atoms with Gasteiger partial charge in [0.15, 0.2) is 5.82 Å². The van der Waals surface area contributed by atoms with Crippen LogP contribution in [0.5, 0.6) is 0 Å². The zero-order chi connectivity index (χ0) is 27.3. The Morgan fingerprint density at radius 2 is 1.34 bits per heavy atom. The average molecular weight is 560 g/mol. The molecule has 3 aromatic heterocycles. The molecule has 5 heteroatoms. The van der Waals surface area contributed by atoms with Crippen LogP contribution >= 0.6 is 11.3 Å². The second kappa shape index (κ2) is 8.23. The van der Waals surface area contributed by atoms with Crippen LogP contribution in [-0.2, 0) is 0 Å². The second-order valence-corrected chi connectivity index (χ2v) is 16.8. The van der Waals surface area contributed by atoms with E-state index in [2.05, 4.69) is 133 Å². The standard InChI is InChI=1S/C36H25N3SSi/c1-41(2)30-19-11-8-16-25(30)33-35(37-34(38-36(33)41)22-12-4-3-5-13-22)39-26-17-9-6-14-23(26)31-27(39)20-21-29-32(31)24-15-7-10-18-28(24)40-29/h3-21H,1-2H3. The molecule has 4 heterocycles. The number of aromatic nitrogens is 3. The first kappa shape index (κ1) is 23.2. The first-order valence-electron chi connectivity index (χ1n) is 14.0. The van der Waals surface area contributed by atoms with E-state index in [0.717, 1.165) is 17.2 Å². The van der Waals surface area contributed by atoms with Gasteiger partial charge in [-0.25, -0.2) is 9.97 Å². The Kier molecular flexibility index (Phi) is 4.65. The minimum atomic E-state index is -2.06. The fourth-order valence-electron chi connectivity index (χ4n) is 6.90. The highest BCUT2D eigenvalue weighted by Crippen LogP contribution is 2.44. The molecule has 0 aliphatic carbocycles. The number of hydrogen-bond donors (Lipinski definition) is 0. The SMILES string of the molecule is C[Si]1(C)c2ccccc2-c2c(-n3c4ccccc4c4c5c(ccc43)sc3ccccc35)nc(-c3ccccc3)nc21. The third-order valence-corrected chi connectivity index (χ3v) is 13.2. The second-order valence-electron chi connectivity index (χ2n) is 11.4. The minimum absolute atomic E-state index is 0.792. The summed E-state index contributed by atoms with van der Waals surface area (Å²) in [6.07, 6.45) is 0. The summed E-state index contributed by atoms with van der Waals surface area (Å²) in [5.74, 6) is 1.77. The Hall–Kier alpha value is -4.58. The Morgan fingerprint density at radius 1 is 0.610 bits per heavy atom. The van der Waals surface area contributed by atoms with E-state index in [0.29, 0.717) is 0 Å². The quantitative estimate of drug-likeness (QED) is 0.199. The number of benzene rings is 5. The van der Waals surface area contributed by atoms with Gasteiger partial charge >= 0.3 is 0 Å². The topological polar surface area (TPSA) is 30.7 Å². The van der Waals surface area contributed by atoms with Crippen LogP contribution in [-0.4, -0.2) is 22.6 Å². The predicted molar refractivity (Wildman–Crippen MR) is 177 cm³/mol.